The average Bonchev–Trinajstić information content (AvgIpc) is 2.19. The molecule has 1 saturated heterocycles. The van der Waals surface area contributed by atoms with Crippen LogP contribution in [0.3, 0.4) is 0 Å². The number of rotatable bonds is 2. The van der Waals surface area contributed by atoms with Gasteiger partial charge in [0, 0.05) is 19.2 Å². The predicted octanol–water partition coefficient (Wildman–Crippen LogP) is 0.554. The van der Waals surface area contributed by atoms with Gasteiger partial charge in [0.2, 0.25) is 11.6 Å². The van der Waals surface area contributed by atoms with Crippen molar-refractivity contribution in [3.8, 4) is 5.75 Å². The van der Waals surface area contributed by atoms with Crippen molar-refractivity contribution in [1.29, 1.82) is 0 Å². The molecule has 0 aromatic heterocycles. The smallest absolute Gasteiger partial charge is 0.203 e. The molecular weight excluding hydrogens is 225 g/mol. The lowest BCUT2D eigenvalue weighted by Crippen LogP contribution is -2.63. The largest absolute Gasteiger partial charge is 0.488 e. The Labute approximate surface area is 90.0 Å². The van der Waals surface area contributed by atoms with Crippen molar-refractivity contribution in [1.82, 2.24) is 5.32 Å². The summed E-state index contributed by atoms with van der Waals surface area (Å²) in [4.78, 5) is 0. The van der Waals surface area contributed by atoms with Gasteiger partial charge in [-0.3, -0.25) is 0 Å². The van der Waals surface area contributed by atoms with Gasteiger partial charge in [-0.05, 0) is 0 Å². The molecule has 0 aliphatic carbocycles. The third-order valence-electron chi connectivity index (χ3n) is 2.42. The fraction of sp³-hybridized carbons (Fsp3) is 0.333. The van der Waals surface area contributed by atoms with Crippen molar-refractivity contribution in [2.75, 3.05) is 13.1 Å². The van der Waals surface area contributed by atoms with E-state index in [0.29, 0.717) is 13.1 Å². The maximum Gasteiger partial charge on any atom is 0.203 e. The van der Waals surface area contributed by atoms with Gasteiger partial charge in [0.1, 0.15) is 0 Å². The van der Waals surface area contributed by atoms with Gasteiger partial charge in [0.15, 0.2) is 25.2 Å². The van der Waals surface area contributed by atoms with E-state index >= 15 is 0 Å². The normalized spacial score (nSPS) is 18.0. The van der Waals surface area contributed by atoms with E-state index in [4.69, 9.17) is 4.74 Å². The fourth-order valence-electron chi connectivity index (χ4n) is 1.44. The van der Waals surface area contributed by atoms with Crippen molar-refractivity contribution in [2.24, 2.45) is 0 Å². The van der Waals surface area contributed by atoms with Crippen LogP contribution < -0.4 is 10.1 Å². The number of hydrogen-bond donors (Lipinski definition) is 1. The zero-order valence-electron chi connectivity index (χ0n) is 8.41. The second kappa shape index (κ2) is 3.66. The van der Waals surface area contributed by atoms with Crippen molar-refractivity contribution in [3.63, 3.8) is 0 Å². The molecule has 0 bridgehead atoms. The molecule has 0 atom stereocenters. The molecule has 1 aliphatic rings. The van der Waals surface area contributed by atoms with Crippen LogP contribution in [0.15, 0.2) is 6.07 Å². The second-order valence-electron chi connectivity index (χ2n) is 3.95. The lowest BCUT2D eigenvalue weighted by atomic mass is 9.76. The van der Waals surface area contributed by atoms with Gasteiger partial charge in [0.25, 0.3) is 0 Å². The molecule has 2 rings (SSSR count). The van der Waals surface area contributed by atoms with Crippen LogP contribution in [0.25, 0.3) is 0 Å². The molecule has 86 valence electrons. The first-order valence-corrected chi connectivity index (χ1v) is 4.66. The maximum atomic E-state index is 13.2. The van der Waals surface area contributed by atoms with Gasteiger partial charge >= 0.3 is 0 Å². The van der Waals surface area contributed by atoms with E-state index in [2.05, 4.69) is 5.32 Å². The Balaban J connectivity index is 2.39. The summed E-state index contributed by atoms with van der Waals surface area (Å²) in [6.07, 6.45) is 0. The molecule has 1 heterocycles. The van der Waals surface area contributed by atoms with Crippen LogP contribution in [-0.4, -0.2) is 26.4 Å². The molecule has 1 fully saturated rings. The summed E-state index contributed by atoms with van der Waals surface area (Å²) >= 11 is 0. The van der Waals surface area contributed by atoms with Gasteiger partial charge < -0.3 is 10.1 Å². The minimum atomic E-state index is -1.51. The summed E-state index contributed by atoms with van der Waals surface area (Å²) in [5, 5.41) is 2.83. The molecule has 1 aliphatic heterocycles. The van der Waals surface area contributed by atoms with Crippen molar-refractivity contribution >= 4 is 7.85 Å². The van der Waals surface area contributed by atoms with Crippen LogP contribution in [0, 0.1) is 23.3 Å². The van der Waals surface area contributed by atoms with Crippen LogP contribution in [0.1, 0.15) is 0 Å². The van der Waals surface area contributed by atoms with E-state index in [-0.39, 0.29) is 6.07 Å². The number of nitrogens with one attached hydrogen (secondary N) is 1. The van der Waals surface area contributed by atoms with Crippen LogP contribution >= 0.6 is 0 Å². The average molecular weight is 233 g/mol. The number of ether oxygens (including phenoxy) is 1. The second-order valence-corrected chi connectivity index (χ2v) is 3.95. The molecule has 0 radical (unpaired) electrons. The van der Waals surface area contributed by atoms with E-state index < -0.39 is 34.5 Å². The van der Waals surface area contributed by atoms with E-state index in [1.54, 1.807) is 7.85 Å². The summed E-state index contributed by atoms with van der Waals surface area (Å²) in [5.41, 5.74) is -0.831. The van der Waals surface area contributed by atoms with Gasteiger partial charge in [0.05, 0.1) is 5.50 Å². The third-order valence-corrected chi connectivity index (χ3v) is 2.42. The Hall–Kier alpha value is -1.24. The first kappa shape index (κ1) is 11.3. The SMILES string of the molecule is BC1(Oc2c(F)c(F)cc(F)c2F)CNC1. The zero-order valence-corrected chi connectivity index (χ0v) is 8.41. The zero-order chi connectivity index (χ0) is 11.9. The van der Waals surface area contributed by atoms with Gasteiger partial charge in [-0.2, -0.15) is 8.78 Å². The molecule has 16 heavy (non-hydrogen) atoms. The van der Waals surface area contributed by atoms with E-state index in [1.807, 2.05) is 0 Å². The molecule has 0 amide bonds. The summed E-state index contributed by atoms with van der Waals surface area (Å²) in [5.74, 6) is -6.95. The highest BCUT2D eigenvalue weighted by Crippen LogP contribution is 2.29. The standard InChI is InChI=1S/C9H8BF4NO/c10-9(2-15-3-9)16-8-6(13)4(11)1-5(12)7(8)14/h1,15H,2-3,10H2. The van der Waals surface area contributed by atoms with Crippen LogP contribution in [0.4, 0.5) is 17.6 Å². The Kier molecular flexibility index (Phi) is 2.57. The Bertz CT molecular complexity index is 410. The molecule has 0 saturated carbocycles. The minimum Gasteiger partial charge on any atom is -0.488 e. The van der Waals surface area contributed by atoms with E-state index in [9.17, 15) is 17.6 Å². The van der Waals surface area contributed by atoms with Crippen molar-refractivity contribution in [3.05, 3.63) is 29.3 Å². The molecule has 0 spiro atoms. The van der Waals surface area contributed by atoms with E-state index in [0.717, 1.165) is 0 Å². The van der Waals surface area contributed by atoms with Gasteiger partial charge in [-0.1, -0.05) is 0 Å². The first-order valence-electron chi connectivity index (χ1n) is 4.66. The maximum absolute atomic E-state index is 13.2. The van der Waals surface area contributed by atoms with Crippen LogP contribution in [-0.2, 0) is 0 Å². The molecule has 2 nitrogen and oxygen atoms in total. The number of hydrogen-bond acceptors (Lipinski definition) is 2. The highest BCUT2D eigenvalue weighted by molar-refractivity contribution is 6.15. The molecule has 0 unspecified atom stereocenters. The van der Waals surface area contributed by atoms with Gasteiger partial charge in [-0.15, -0.1) is 0 Å². The predicted molar refractivity (Wildman–Crippen MR) is 51.0 cm³/mol. The highest BCUT2D eigenvalue weighted by atomic mass is 19.2. The van der Waals surface area contributed by atoms with Crippen LogP contribution in [0.5, 0.6) is 5.75 Å². The first-order chi connectivity index (χ1) is 7.43. The Morgan fingerprint density at radius 2 is 1.62 bits per heavy atom. The van der Waals surface area contributed by atoms with Crippen LogP contribution in [0.2, 0.25) is 0 Å². The molecule has 1 aromatic rings. The number of benzene rings is 1. The third kappa shape index (κ3) is 1.75. The lowest BCUT2D eigenvalue weighted by molar-refractivity contribution is 0.0855. The summed E-state index contributed by atoms with van der Waals surface area (Å²) in [7, 11) is 1.59. The molecular formula is C9H8BF4NO. The van der Waals surface area contributed by atoms with Crippen molar-refractivity contribution < 1.29 is 22.3 Å². The number of halogens is 4. The monoisotopic (exact) mass is 233 g/mol. The fourth-order valence-corrected chi connectivity index (χ4v) is 1.44. The van der Waals surface area contributed by atoms with Crippen molar-refractivity contribution in [2.45, 2.75) is 5.50 Å². The minimum absolute atomic E-state index is 0.152. The molecule has 1 aromatic carbocycles. The highest BCUT2D eigenvalue weighted by Gasteiger charge is 2.36. The molecule has 1 N–H and O–H groups in total. The molecule has 7 heteroatoms. The summed E-state index contributed by atoms with van der Waals surface area (Å²) in [6.45, 7) is 0.730. The topological polar surface area (TPSA) is 21.3 Å². The summed E-state index contributed by atoms with van der Waals surface area (Å²) < 4.78 is 57.1. The Morgan fingerprint density at radius 3 is 2.00 bits per heavy atom. The van der Waals surface area contributed by atoms with E-state index in [1.165, 1.54) is 0 Å². The summed E-state index contributed by atoms with van der Waals surface area (Å²) in [6, 6.07) is 0.152. The lowest BCUT2D eigenvalue weighted by Gasteiger charge is -2.39. The quantitative estimate of drug-likeness (QED) is 0.457. The Morgan fingerprint density at radius 1 is 1.12 bits per heavy atom. The van der Waals surface area contributed by atoms with Gasteiger partial charge in [-0.25, -0.2) is 8.78 Å².